The highest BCUT2D eigenvalue weighted by atomic mass is 19.1. The molecule has 1 aliphatic rings. The summed E-state index contributed by atoms with van der Waals surface area (Å²) in [6.07, 6.45) is 0.391. The van der Waals surface area contributed by atoms with Crippen LogP contribution in [0.15, 0.2) is 6.07 Å². The fourth-order valence-electron chi connectivity index (χ4n) is 1.58. The second kappa shape index (κ2) is 2.94. The molecule has 14 heavy (non-hydrogen) atoms. The second-order valence-corrected chi connectivity index (χ2v) is 3.06. The van der Waals surface area contributed by atoms with Crippen LogP contribution in [0.3, 0.4) is 0 Å². The fourth-order valence-corrected chi connectivity index (χ4v) is 1.58. The predicted molar refractivity (Wildman–Crippen MR) is 45.5 cm³/mol. The Labute approximate surface area is 78.4 Å². The standard InChI is InChI=1S/C9H7F2NO2/c10-5-3-6-4(1-2-12-6)8(11)7(5)9(13)14/h3,12H,1-2H2,(H,13,14). The smallest absolute Gasteiger partial charge is 0.341 e. The summed E-state index contributed by atoms with van der Waals surface area (Å²) in [5, 5.41) is 11.4. The Balaban J connectivity index is 2.68. The van der Waals surface area contributed by atoms with Gasteiger partial charge in [-0.3, -0.25) is 0 Å². The Kier molecular flexibility index (Phi) is 1.87. The van der Waals surface area contributed by atoms with E-state index < -0.39 is 23.2 Å². The van der Waals surface area contributed by atoms with Crippen molar-refractivity contribution in [3.05, 3.63) is 28.8 Å². The van der Waals surface area contributed by atoms with Gasteiger partial charge in [0.25, 0.3) is 0 Å². The molecule has 5 heteroatoms. The Morgan fingerprint density at radius 2 is 2.21 bits per heavy atom. The first-order valence-electron chi connectivity index (χ1n) is 4.09. The highest BCUT2D eigenvalue weighted by molar-refractivity contribution is 5.89. The van der Waals surface area contributed by atoms with E-state index in [0.29, 0.717) is 18.7 Å². The predicted octanol–water partition coefficient (Wildman–Crippen LogP) is 1.63. The van der Waals surface area contributed by atoms with Crippen molar-refractivity contribution in [2.45, 2.75) is 6.42 Å². The second-order valence-electron chi connectivity index (χ2n) is 3.06. The molecular weight excluding hydrogens is 192 g/mol. The zero-order valence-electron chi connectivity index (χ0n) is 7.10. The number of rotatable bonds is 1. The molecule has 3 nitrogen and oxygen atoms in total. The number of aromatic carboxylic acids is 1. The number of carbonyl (C=O) groups is 1. The Bertz CT molecular complexity index is 418. The van der Waals surface area contributed by atoms with Gasteiger partial charge in [0, 0.05) is 17.8 Å². The molecule has 0 saturated heterocycles. The zero-order valence-corrected chi connectivity index (χ0v) is 7.10. The average molecular weight is 199 g/mol. The van der Waals surface area contributed by atoms with Crippen LogP contribution >= 0.6 is 0 Å². The minimum Gasteiger partial charge on any atom is -0.477 e. The molecule has 2 N–H and O–H groups in total. The van der Waals surface area contributed by atoms with Crippen LogP contribution in [0.25, 0.3) is 0 Å². The molecule has 0 saturated carbocycles. The Hall–Kier alpha value is -1.65. The number of halogens is 2. The SMILES string of the molecule is O=C(O)c1c(F)cc2c(c1F)CCN2. The van der Waals surface area contributed by atoms with Crippen LogP contribution in [0.5, 0.6) is 0 Å². The monoisotopic (exact) mass is 199 g/mol. The van der Waals surface area contributed by atoms with Gasteiger partial charge in [-0.05, 0) is 12.5 Å². The van der Waals surface area contributed by atoms with E-state index in [4.69, 9.17) is 5.11 Å². The lowest BCUT2D eigenvalue weighted by molar-refractivity contribution is 0.0686. The number of fused-ring (bicyclic) bond motifs is 1. The van der Waals surface area contributed by atoms with Crippen LogP contribution in [0.1, 0.15) is 15.9 Å². The van der Waals surface area contributed by atoms with Crippen LogP contribution in [0.4, 0.5) is 14.5 Å². The van der Waals surface area contributed by atoms with E-state index in [-0.39, 0.29) is 5.56 Å². The minimum atomic E-state index is -1.57. The normalized spacial score (nSPS) is 13.6. The van der Waals surface area contributed by atoms with Crippen LogP contribution in [-0.2, 0) is 6.42 Å². The molecule has 0 bridgehead atoms. The topological polar surface area (TPSA) is 49.3 Å². The van der Waals surface area contributed by atoms with Crippen molar-refractivity contribution in [3.8, 4) is 0 Å². The van der Waals surface area contributed by atoms with Gasteiger partial charge in [0.05, 0.1) is 0 Å². The first-order valence-corrected chi connectivity index (χ1v) is 4.09. The lowest BCUT2D eigenvalue weighted by atomic mass is 10.1. The van der Waals surface area contributed by atoms with E-state index in [1.54, 1.807) is 0 Å². The Morgan fingerprint density at radius 1 is 1.50 bits per heavy atom. The third-order valence-corrected chi connectivity index (χ3v) is 2.22. The van der Waals surface area contributed by atoms with E-state index in [2.05, 4.69) is 5.32 Å². The van der Waals surface area contributed by atoms with Crippen LogP contribution in [0, 0.1) is 11.6 Å². The quantitative estimate of drug-likeness (QED) is 0.722. The molecule has 0 unspecified atom stereocenters. The summed E-state index contributed by atoms with van der Waals surface area (Å²) in [5.41, 5.74) is -0.263. The van der Waals surface area contributed by atoms with Gasteiger partial charge in [0.2, 0.25) is 0 Å². The van der Waals surface area contributed by atoms with E-state index in [0.717, 1.165) is 6.07 Å². The van der Waals surface area contributed by atoms with Crippen LogP contribution < -0.4 is 5.32 Å². The first-order chi connectivity index (χ1) is 6.61. The largest absolute Gasteiger partial charge is 0.477 e. The molecule has 1 heterocycles. The highest BCUT2D eigenvalue weighted by Gasteiger charge is 2.25. The molecule has 0 fully saturated rings. The molecule has 1 aliphatic heterocycles. The molecule has 0 amide bonds. The fraction of sp³-hybridized carbons (Fsp3) is 0.222. The van der Waals surface area contributed by atoms with Crippen molar-refractivity contribution in [2.75, 3.05) is 11.9 Å². The third-order valence-electron chi connectivity index (χ3n) is 2.22. The van der Waals surface area contributed by atoms with E-state index in [9.17, 15) is 13.6 Å². The number of benzene rings is 1. The van der Waals surface area contributed by atoms with Gasteiger partial charge in [-0.15, -0.1) is 0 Å². The van der Waals surface area contributed by atoms with E-state index in [1.165, 1.54) is 0 Å². The summed E-state index contributed by atoms with van der Waals surface area (Å²) in [6.45, 7) is 0.509. The number of hydrogen-bond donors (Lipinski definition) is 2. The third kappa shape index (κ3) is 1.13. The average Bonchev–Trinajstić information content (AvgIpc) is 2.50. The van der Waals surface area contributed by atoms with Crippen molar-refractivity contribution >= 4 is 11.7 Å². The summed E-state index contributed by atoms with van der Waals surface area (Å²) >= 11 is 0. The molecule has 0 aromatic heterocycles. The number of carboxylic acids is 1. The summed E-state index contributed by atoms with van der Waals surface area (Å²) in [6, 6.07) is 1.02. The summed E-state index contributed by atoms with van der Waals surface area (Å²) in [4.78, 5) is 10.5. The summed E-state index contributed by atoms with van der Waals surface area (Å²) in [5.74, 6) is -3.57. The van der Waals surface area contributed by atoms with Crippen molar-refractivity contribution in [1.29, 1.82) is 0 Å². The maximum atomic E-state index is 13.4. The van der Waals surface area contributed by atoms with Crippen molar-refractivity contribution in [1.82, 2.24) is 0 Å². The van der Waals surface area contributed by atoms with Crippen molar-refractivity contribution in [3.63, 3.8) is 0 Å². The van der Waals surface area contributed by atoms with Crippen LogP contribution in [-0.4, -0.2) is 17.6 Å². The number of hydrogen-bond acceptors (Lipinski definition) is 2. The van der Waals surface area contributed by atoms with Gasteiger partial charge >= 0.3 is 5.97 Å². The molecule has 74 valence electrons. The van der Waals surface area contributed by atoms with Crippen molar-refractivity contribution < 1.29 is 18.7 Å². The molecular formula is C9H7F2NO2. The summed E-state index contributed by atoms with van der Waals surface area (Å²) in [7, 11) is 0. The van der Waals surface area contributed by atoms with Gasteiger partial charge in [-0.25, -0.2) is 13.6 Å². The van der Waals surface area contributed by atoms with Gasteiger partial charge in [0.15, 0.2) is 0 Å². The van der Waals surface area contributed by atoms with Crippen LogP contribution in [0.2, 0.25) is 0 Å². The maximum Gasteiger partial charge on any atom is 0.341 e. The Morgan fingerprint density at radius 3 is 2.86 bits per heavy atom. The van der Waals surface area contributed by atoms with Gasteiger partial charge in [-0.2, -0.15) is 0 Å². The lowest BCUT2D eigenvalue weighted by Gasteiger charge is -2.05. The molecule has 0 spiro atoms. The maximum absolute atomic E-state index is 13.4. The van der Waals surface area contributed by atoms with E-state index >= 15 is 0 Å². The summed E-state index contributed by atoms with van der Waals surface area (Å²) < 4.78 is 26.5. The molecule has 1 aromatic rings. The minimum absolute atomic E-state index is 0.254. The van der Waals surface area contributed by atoms with Gasteiger partial charge < -0.3 is 10.4 Å². The highest BCUT2D eigenvalue weighted by Crippen LogP contribution is 2.29. The zero-order chi connectivity index (χ0) is 10.3. The number of nitrogens with one attached hydrogen (secondary N) is 1. The molecule has 0 aliphatic carbocycles. The first kappa shape index (κ1) is 8.93. The number of anilines is 1. The molecule has 0 radical (unpaired) electrons. The lowest BCUT2D eigenvalue weighted by Crippen LogP contribution is -2.06. The molecule has 2 rings (SSSR count). The molecule has 1 aromatic carbocycles. The molecule has 0 atom stereocenters. The van der Waals surface area contributed by atoms with Crippen molar-refractivity contribution in [2.24, 2.45) is 0 Å². The van der Waals surface area contributed by atoms with E-state index in [1.807, 2.05) is 0 Å². The van der Waals surface area contributed by atoms with Gasteiger partial charge in [-0.1, -0.05) is 0 Å². The van der Waals surface area contributed by atoms with Gasteiger partial charge in [0.1, 0.15) is 17.2 Å². The number of carboxylic acid groups (broad SMARTS) is 1.